The second-order valence-corrected chi connectivity index (χ2v) is 6.05. The molecule has 1 atom stereocenters. The van der Waals surface area contributed by atoms with Gasteiger partial charge in [-0.05, 0) is 37.7 Å². The molecule has 4 nitrogen and oxygen atoms in total. The van der Waals surface area contributed by atoms with Crippen molar-refractivity contribution in [2.24, 2.45) is 0 Å². The van der Waals surface area contributed by atoms with Crippen LogP contribution in [0.4, 0.5) is 26.3 Å². The molecule has 0 unspecified atom stereocenters. The van der Waals surface area contributed by atoms with Gasteiger partial charge in [-0.15, -0.1) is 0 Å². The van der Waals surface area contributed by atoms with E-state index >= 15 is 0 Å². The first-order valence-corrected chi connectivity index (χ1v) is 7.79. The lowest BCUT2D eigenvalue weighted by molar-refractivity contribution is -0.143. The van der Waals surface area contributed by atoms with Crippen molar-refractivity contribution < 1.29 is 39.3 Å². The number of rotatable bonds is 2. The van der Waals surface area contributed by atoms with Gasteiger partial charge in [0, 0.05) is 6.04 Å². The van der Waals surface area contributed by atoms with Gasteiger partial charge < -0.3 is 5.32 Å². The number of alkyl halides is 6. The van der Waals surface area contributed by atoms with E-state index < -0.39 is 39.6 Å². The summed E-state index contributed by atoms with van der Waals surface area (Å²) in [6.45, 7) is 1.48. The summed E-state index contributed by atoms with van der Waals surface area (Å²) in [5.74, 6) is 0. The fraction of sp³-hybridized carbons (Fsp3) is 0.500. The molecule has 11 heteroatoms. The van der Waals surface area contributed by atoms with Gasteiger partial charge in [0.15, 0.2) is 0 Å². The predicted octanol–water partition coefficient (Wildman–Crippen LogP) is 3.51. The molecule has 0 fully saturated rings. The SMILES string of the molecule is CN[C@H](C)c1cc(C(F)(F)F)cc(C(F)(F)F)c1.CS(=O)(=O)O. The second kappa shape index (κ2) is 7.49. The van der Waals surface area contributed by atoms with Gasteiger partial charge in [-0.1, -0.05) is 0 Å². The summed E-state index contributed by atoms with van der Waals surface area (Å²) in [5, 5.41) is 2.60. The Morgan fingerprint density at radius 3 is 1.52 bits per heavy atom. The lowest BCUT2D eigenvalue weighted by Crippen LogP contribution is -2.17. The Balaban J connectivity index is 0.000000841. The average Bonchev–Trinajstić information content (AvgIpc) is 2.33. The van der Waals surface area contributed by atoms with Gasteiger partial charge in [-0.25, -0.2) is 0 Å². The Bertz CT molecular complexity index is 584. The molecule has 2 N–H and O–H groups in total. The first kappa shape index (κ1) is 21.7. The van der Waals surface area contributed by atoms with E-state index in [2.05, 4.69) is 5.32 Å². The van der Waals surface area contributed by atoms with Crippen molar-refractivity contribution in [2.45, 2.75) is 25.3 Å². The largest absolute Gasteiger partial charge is 0.416 e. The number of hydrogen-bond acceptors (Lipinski definition) is 3. The first-order valence-electron chi connectivity index (χ1n) is 5.94. The summed E-state index contributed by atoms with van der Waals surface area (Å²) in [6.07, 6.45) is -8.89. The Labute approximate surface area is 129 Å². The average molecular weight is 367 g/mol. The fourth-order valence-electron chi connectivity index (χ4n) is 1.40. The second-order valence-electron chi connectivity index (χ2n) is 4.58. The van der Waals surface area contributed by atoms with E-state index in [-0.39, 0.29) is 11.6 Å². The van der Waals surface area contributed by atoms with Gasteiger partial charge >= 0.3 is 12.4 Å². The van der Waals surface area contributed by atoms with Crippen molar-refractivity contribution >= 4 is 10.1 Å². The minimum atomic E-state index is -4.80. The van der Waals surface area contributed by atoms with Crippen LogP contribution in [0.2, 0.25) is 0 Å². The Hall–Kier alpha value is -1.33. The minimum Gasteiger partial charge on any atom is -0.313 e. The van der Waals surface area contributed by atoms with Gasteiger partial charge in [0.25, 0.3) is 10.1 Å². The number of nitrogens with one attached hydrogen (secondary N) is 1. The van der Waals surface area contributed by atoms with Crippen LogP contribution in [0.25, 0.3) is 0 Å². The summed E-state index contributed by atoms with van der Waals surface area (Å²) in [5.41, 5.74) is -2.65. The molecule has 0 spiro atoms. The molecule has 23 heavy (non-hydrogen) atoms. The van der Waals surface area contributed by atoms with Crippen LogP contribution < -0.4 is 5.32 Å². The van der Waals surface area contributed by atoms with Crippen LogP contribution in [0.5, 0.6) is 0 Å². The van der Waals surface area contributed by atoms with Crippen molar-refractivity contribution in [3.8, 4) is 0 Å². The highest BCUT2D eigenvalue weighted by atomic mass is 32.2. The quantitative estimate of drug-likeness (QED) is 0.620. The van der Waals surface area contributed by atoms with Crippen LogP contribution in [0.3, 0.4) is 0 Å². The highest BCUT2D eigenvalue weighted by Crippen LogP contribution is 2.37. The Morgan fingerprint density at radius 2 is 1.30 bits per heavy atom. The molecule has 0 aliphatic heterocycles. The van der Waals surface area contributed by atoms with E-state index in [0.717, 1.165) is 12.1 Å². The predicted molar refractivity (Wildman–Crippen MR) is 71.4 cm³/mol. The van der Waals surface area contributed by atoms with Crippen molar-refractivity contribution in [2.75, 3.05) is 13.3 Å². The van der Waals surface area contributed by atoms with Gasteiger partial charge in [-0.2, -0.15) is 34.8 Å². The highest BCUT2D eigenvalue weighted by Gasteiger charge is 2.37. The van der Waals surface area contributed by atoms with Crippen molar-refractivity contribution in [3.63, 3.8) is 0 Å². The molecule has 0 aliphatic rings. The Morgan fingerprint density at radius 1 is 1.00 bits per heavy atom. The summed E-state index contributed by atoms with van der Waals surface area (Å²) in [7, 11) is -2.21. The maximum Gasteiger partial charge on any atom is 0.416 e. The van der Waals surface area contributed by atoms with E-state index in [0.29, 0.717) is 6.26 Å². The molecule has 0 bridgehead atoms. The van der Waals surface area contributed by atoms with E-state index in [4.69, 9.17) is 4.55 Å². The molecule has 0 aliphatic carbocycles. The van der Waals surface area contributed by atoms with Crippen LogP contribution >= 0.6 is 0 Å². The third-order valence-corrected chi connectivity index (χ3v) is 2.54. The number of benzene rings is 1. The van der Waals surface area contributed by atoms with E-state index in [1.165, 1.54) is 14.0 Å². The van der Waals surface area contributed by atoms with Gasteiger partial charge in [0.2, 0.25) is 0 Å². The molecule has 1 aromatic carbocycles. The molecule has 1 aromatic rings. The van der Waals surface area contributed by atoms with Crippen LogP contribution in [0.1, 0.15) is 29.7 Å². The maximum absolute atomic E-state index is 12.5. The first-order chi connectivity index (χ1) is 10.1. The van der Waals surface area contributed by atoms with Crippen molar-refractivity contribution in [1.82, 2.24) is 5.32 Å². The van der Waals surface area contributed by atoms with E-state index in [1.807, 2.05) is 0 Å². The fourth-order valence-corrected chi connectivity index (χ4v) is 1.40. The third-order valence-electron chi connectivity index (χ3n) is 2.54. The Kier molecular flexibility index (Phi) is 7.06. The summed E-state index contributed by atoms with van der Waals surface area (Å²) >= 11 is 0. The van der Waals surface area contributed by atoms with Gasteiger partial charge in [0.1, 0.15) is 0 Å². The smallest absolute Gasteiger partial charge is 0.313 e. The van der Waals surface area contributed by atoms with Gasteiger partial charge in [-0.3, -0.25) is 4.55 Å². The van der Waals surface area contributed by atoms with Crippen molar-refractivity contribution in [1.29, 1.82) is 0 Å². The van der Waals surface area contributed by atoms with Crippen LogP contribution in [0.15, 0.2) is 18.2 Å². The molecular weight excluding hydrogens is 352 g/mol. The highest BCUT2D eigenvalue weighted by molar-refractivity contribution is 7.85. The zero-order chi connectivity index (χ0) is 18.6. The number of hydrogen-bond donors (Lipinski definition) is 2. The van der Waals surface area contributed by atoms with Crippen LogP contribution in [0, 0.1) is 0 Å². The maximum atomic E-state index is 12.5. The molecule has 0 heterocycles. The lowest BCUT2D eigenvalue weighted by Gasteiger charge is -2.17. The monoisotopic (exact) mass is 367 g/mol. The molecule has 0 saturated heterocycles. The molecule has 0 aromatic heterocycles. The lowest BCUT2D eigenvalue weighted by atomic mass is 10.0. The third kappa shape index (κ3) is 8.77. The molecule has 0 saturated carbocycles. The standard InChI is InChI=1S/C11H11F6N.CH4O3S/c1-6(18-2)7-3-8(10(12,13)14)5-9(4-7)11(15,16)17;1-5(2,3)4/h3-6,18H,1-2H3;1H3,(H,2,3,4)/t6-;/m1./s1. The summed E-state index contributed by atoms with van der Waals surface area (Å²) in [4.78, 5) is 0. The normalized spacial score (nSPS) is 14.0. The molecular formula is C12H15F6NO3S. The summed E-state index contributed by atoms with van der Waals surface area (Å²) < 4.78 is 101. The topological polar surface area (TPSA) is 66.4 Å². The zero-order valence-corrected chi connectivity index (χ0v) is 13.1. The molecule has 0 amide bonds. The molecule has 0 radical (unpaired) electrons. The van der Waals surface area contributed by atoms with Crippen LogP contribution in [-0.2, 0) is 22.5 Å². The van der Waals surface area contributed by atoms with Crippen molar-refractivity contribution in [3.05, 3.63) is 34.9 Å². The van der Waals surface area contributed by atoms with Gasteiger partial charge in [0.05, 0.1) is 17.4 Å². The van der Waals surface area contributed by atoms with E-state index in [1.54, 1.807) is 0 Å². The summed E-state index contributed by atoms with van der Waals surface area (Å²) in [6, 6.07) is 0.951. The zero-order valence-electron chi connectivity index (χ0n) is 12.2. The molecule has 1 rings (SSSR count). The van der Waals surface area contributed by atoms with E-state index in [9.17, 15) is 34.8 Å². The van der Waals surface area contributed by atoms with Crippen LogP contribution in [-0.4, -0.2) is 26.3 Å². The molecule has 134 valence electrons. The minimum absolute atomic E-state index is 0.0559. The number of halogens is 6.